The molecule has 4 nitrogen and oxygen atoms in total. The molecule has 0 bridgehead atoms. The topological polar surface area (TPSA) is 49.4 Å². The van der Waals surface area contributed by atoms with Gasteiger partial charge < -0.3 is 10.2 Å². The lowest BCUT2D eigenvalue weighted by Gasteiger charge is -2.32. The van der Waals surface area contributed by atoms with Gasteiger partial charge >= 0.3 is 6.18 Å². The summed E-state index contributed by atoms with van der Waals surface area (Å²) in [5.74, 6) is -1.07. The van der Waals surface area contributed by atoms with E-state index in [-0.39, 0.29) is 18.0 Å². The number of alkyl halides is 3. The van der Waals surface area contributed by atoms with Gasteiger partial charge in [-0.3, -0.25) is 9.59 Å². The second-order valence-corrected chi connectivity index (χ2v) is 7.46. The molecule has 1 fully saturated rings. The third-order valence-corrected chi connectivity index (χ3v) is 5.29. The first kappa shape index (κ1) is 20.9. The highest BCUT2D eigenvalue weighted by molar-refractivity contribution is 5.96. The maximum atomic E-state index is 12.9. The van der Waals surface area contributed by atoms with E-state index in [0.717, 1.165) is 23.3 Å². The third-order valence-electron chi connectivity index (χ3n) is 5.29. The average molecular weight is 404 g/mol. The van der Waals surface area contributed by atoms with E-state index in [2.05, 4.69) is 5.32 Å². The predicted octanol–water partition coefficient (Wildman–Crippen LogP) is 4.81. The smallest absolute Gasteiger partial charge is 0.338 e. The molecule has 0 radical (unpaired) electrons. The van der Waals surface area contributed by atoms with Crippen molar-refractivity contribution in [2.45, 2.75) is 32.9 Å². The monoisotopic (exact) mass is 404 g/mol. The van der Waals surface area contributed by atoms with Crippen LogP contribution in [-0.4, -0.2) is 29.8 Å². The van der Waals surface area contributed by atoms with Crippen molar-refractivity contribution in [2.24, 2.45) is 5.92 Å². The molecule has 0 aliphatic carbocycles. The van der Waals surface area contributed by atoms with Crippen LogP contribution in [0.5, 0.6) is 0 Å². The van der Waals surface area contributed by atoms with E-state index in [4.69, 9.17) is 0 Å². The Morgan fingerprint density at radius 2 is 1.83 bits per heavy atom. The number of carbonyl (C=O) groups is 2. The summed E-state index contributed by atoms with van der Waals surface area (Å²) in [5, 5.41) is 2.88. The van der Waals surface area contributed by atoms with Crippen molar-refractivity contribution in [3.05, 3.63) is 64.7 Å². The molecule has 1 atom stereocenters. The number of benzene rings is 2. The minimum absolute atomic E-state index is 0.0185. The largest absolute Gasteiger partial charge is 0.416 e. The number of piperidine rings is 1. The molecule has 1 aliphatic heterocycles. The second-order valence-electron chi connectivity index (χ2n) is 7.46. The number of anilines is 1. The Balaban J connectivity index is 1.69. The molecular weight excluding hydrogens is 381 g/mol. The van der Waals surface area contributed by atoms with Crippen LogP contribution in [0.25, 0.3) is 0 Å². The van der Waals surface area contributed by atoms with Gasteiger partial charge in [0.2, 0.25) is 5.91 Å². The number of nitrogens with one attached hydrogen (secondary N) is 1. The fraction of sp³-hybridized carbons (Fsp3) is 0.364. The van der Waals surface area contributed by atoms with Crippen molar-refractivity contribution in [3.8, 4) is 0 Å². The zero-order chi connectivity index (χ0) is 21.2. The lowest BCUT2D eigenvalue weighted by atomic mass is 9.96. The number of rotatable bonds is 3. The van der Waals surface area contributed by atoms with Crippen LogP contribution in [0.4, 0.5) is 18.9 Å². The molecule has 0 aromatic heterocycles. The van der Waals surface area contributed by atoms with E-state index >= 15 is 0 Å². The van der Waals surface area contributed by atoms with E-state index in [1.165, 1.54) is 17.0 Å². The second kappa shape index (κ2) is 8.27. The Hall–Kier alpha value is -2.83. The molecular formula is C22H23F3N2O2. The van der Waals surface area contributed by atoms with E-state index in [1.54, 1.807) is 0 Å². The number of likely N-dealkylation sites (tertiary alicyclic amines) is 1. The standard InChI is InChI=1S/C22H23F3N2O2/c1-14-8-9-19(11-15(14)2)26-20(28)17-6-4-10-27(13-17)21(29)16-5-3-7-18(12-16)22(23,24)25/h3,5,7-9,11-12,17H,4,6,10,13H2,1-2H3,(H,26,28)/t17-/m1/s1. The third kappa shape index (κ3) is 4.96. The first-order valence-electron chi connectivity index (χ1n) is 9.50. The molecule has 154 valence electrons. The average Bonchev–Trinajstić information content (AvgIpc) is 2.70. The summed E-state index contributed by atoms with van der Waals surface area (Å²) >= 11 is 0. The Kier molecular flexibility index (Phi) is 5.96. The van der Waals surface area contributed by atoms with Crippen molar-refractivity contribution in [1.82, 2.24) is 4.90 Å². The van der Waals surface area contributed by atoms with Gasteiger partial charge in [-0.05, 0) is 68.1 Å². The maximum Gasteiger partial charge on any atom is 0.416 e. The quantitative estimate of drug-likeness (QED) is 0.798. The van der Waals surface area contributed by atoms with Crippen molar-refractivity contribution >= 4 is 17.5 Å². The van der Waals surface area contributed by atoms with Gasteiger partial charge in [-0.2, -0.15) is 13.2 Å². The van der Waals surface area contributed by atoms with Crippen LogP contribution in [0.1, 0.15) is 39.9 Å². The summed E-state index contributed by atoms with van der Waals surface area (Å²) in [5.41, 5.74) is 2.00. The number of nitrogens with zero attached hydrogens (tertiary/aromatic N) is 1. The first-order chi connectivity index (χ1) is 13.6. The number of aryl methyl sites for hydroxylation is 2. The first-order valence-corrected chi connectivity index (χ1v) is 9.50. The van der Waals surface area contributed by atoms with Crippen molar-refractivity contribution in [3.63, 3.8) is 0 Å². The minimum atomic E-state index is -4.51. The van der Waals surface area contributed by atoms with E-state index in [9.17, 15) is 22.8 Å². The van der Waals surface area contributed by atoms with E-state index < -0.39 is 23.6 Å². The van der Waals surface area contributed by atoms with Crippen LogP contribution < -0.4 is 5.32 Å². The summed E-state index contributed by atoms with van der Waals surface area (Å²) in [7, 11) is 0. The highest BCUT2D eigenvalue weighted by Gasteiger charge is 2.33. The molecule has 1 heterocycles. The van der Waals surface area contributed by atoms with E-state index in [1.807, 2.05) is 32.0 Å². The van der Waals surface area contributed by atoms with Crippen molar-refractivity contribution < 1.29 is 22.8 Å². The summed E-state index contributed by atoms with van der Waals surface area (Å²) < 4.78 is 38.8. The highest BCUT2D eigenvalue weighted by Crippen LogP contribution is 2.30. The zero-order valence-corrected chi connectivity index (χ0v) is 16.3. The van der Waals surface area contributed by atoms with Gasteiger partial charge in [0.25, 0.3) is 5.91 Å². The van der Waals surface area contributed by atoms with E-state index in [0.29, 0.717) is 25.1 Å². The number of amides is 2. The predicted molar refractivity (Wildman–Crippen MR) is 105 cm³/mol. The van der Waals surface area contributed by atoms with Crippen LogP contribution in [0.15, 0.2) is 42.5 Å². The molecule has 0 unspecified atom stereocenters. The Bertz CT molecular complexity index is 925. The summed E-state index contributed by atoms with van der Waals surface area (Å²) in [4.78, 5) is 26.8. The number of halogens is 3. The van der Waals surface area contributed by atoms with Gasteiger partial charge in [-0.15, -0.1) is 0 Å². The molecule has 1 saturated heterocycles. The fourth-order valence-corrected chi connectivity index (χ4v) is 3.45. The van der Waals surface area contributed by atoms with Gasteiger partial charge in [0.15, 0.2) is 0 Å². The summed E-state index contributed by atoms with van der Waals surface area (Å²) in [6.45, 7) is 4.55. The maximum absolute atomic E-state index is 12.9. The molecule has 2 amide bonds. The van der Waals surface area contributed by atoms with Gasteiger partial charge in [0.1, 0.15) is 0 Å². The minimum Gasteiger partial charge on any atom is -0.338 e. The van der Waals surface area contributed by atoms with Crippen LogP contribution in [0.3, 0.4) is 0 Å². The summed E-state index contributed by atoms with van der Waals surface area (Å²) in [6, 6.07) is 10.0. The van der Waals surface area contributed by atoms with Crippen molar-refractivity contribution in [2.75, 3.05) is 18.4 Å². The molecule has 29 heavy (non-hydrogen) atoms. The van der Waals surface area contributed by atoms with Crippen LogP contribution in [0.2, 0.25) is 0 Å². The molecule has 2 aromatic carbocycles. The number of hydrogen-bond acceptors (Lipinski definition) is 2. The SMILES string of the molecule is Cc1ccc(NC(=O)[C@@H]2CCCN(C(=O)c3cccc(C(F)(F)F)c3)C2)cc1C. The van der Waals surface area contributed by atoms with Gasteiger partial charge in [-0.1, -0.05) is 12.1 Å². The fourth-order valence-electron chi connectivity index (χ4n) is 3.45. The zero-order valence-electron chi connectivity index (χ0n) is 16.3. The van der Waals surface area contributed by atoms with Gasteiger partial charge in [-0.25, -0.2) is 0 Å². The lowest BCUT2D eigenvalue weighted by Crippen LogP contribution is -2.43. The highest BCUT2D eigenvalue weighted by atomic mass is 19.4. The molecule has 0 saturated carbocycles. The van der Waals surface area contributed by atoms with Crippen LogP contribution in [-0.2, 0) is 11.0 Å². The van der Waals surface area contributed by atoms with Crippen LogP contribution in [0, 0.1) is 19.8 Å². The van der Waals surface area contributed by atoms with Gasteiger partial charge in [0, 0.05) is 24.3 Å². The number of hydrogen-bond donors (Lipinski definition) is 1. The van der Waals surface area contributed by atoms with Crippen LogP contribution >= 0.6 is 0 Å². The molecule has 2 aromatic rings. The molecule has 3 rings (SSSR count). The molecule has 7 heteroatoms. The molecule has 1 aliphatic rings. The normalized spacial score (nSPS) is 17.1. The molecule has 1 N–H and O–H groups in total. The number of carbonyl (C=O) groups excluding carboxylic acids is 2. The van der Waals surface area contributed by atoms with Crippen molar-refractivity contribution in [1.29, 1.82) is 0 Å². The summed E-state index contributed by atoms with van der Waals surface area (Å²) in [6.07, 6.45) is -3.26. The Labute approximate surface area is 167 Å². The Morgan fingerprint density at radius 3 is 2.52 bits per heavy atom. The Morgan fingerprint density at radius 1 is 1.07 bits per heavy atom. The molecule has 0 spiro atoms. The van der Waals surface area contributed by atoms with Gasteiger partial charge in [0.05, 0.1) is 11.5 Å². The lowest BCUT2D eigenvalue weighted by molar-refractivity contribution is -0.137.